The predicted octanol–water partition coefficient (Wildman–Crippen LogP) is 1.87. The van der Waals surface area contributed by atoms with Gasteiger partial charge in [0.15, 0.2) is 6.10 Å². The van der Waals surface area contributed by atoms with E-state index in [9.17, 15) is 9.59 Å². The Hall–Kier alpha value is -2.12. The Morgan fingerprint density at radius 2 is 2.19 bits per heavy atom. The molecule has 142 valence electrons. The van der Waals surface area contributed by atoms with Crippen LogP contribution in [0.3, 0.4) is 0 Å². The maximum absolute atomic E-state index is 12.6. The largest absolute Gasteiger partial charge is 0.479 e. The van der Waals surface area contributed by atoms with Crippen molar-refractivity contribution >= 4 is 23.2 Å². The van der Waals surface area contributed by atoms with E-state index in [1.807, 2.05) is 26.2 Å². The van der Waals surface area contributed by atoms with Crippen molar-refractivity contribution in [3.8, 4) is 5.75 Å². The highest BCUT2D eigenvalue weighted by molar-refractivity contribution is 6.01. The lowest BCUT2D eigenvalue weighted by Crippen LogP contribution is -2.45. The van der Waals surface area contributed by atoms with Crippen molar-refractivity contribution < 1.29 is 19.1 Å². The summed E-state index contributed by atoms with van der Waals surface area (Å²) in [5.74, 6) is 0.467. The summed E-state index contributed by atoms with van der Waals surface area (Å²) in [7, 11) is 4.02. The molecule has 2 aliphatic heterocycles. The monoisotopic (exact) mass is 361 g/mol. The number of hydrogen-bond acceptors (Lipinski definition) is 5. The van der Waals surface area contributed by atoms with Gasteiger partial charge in [-0.05, 0) is 65.0 Å². The van der Waals surface area contributed by atoms with Crippen LogP contribution in [0.25, 0.3) is 0 Å². The Bertz CT molecular complexity index is 671. The first-order valence-electron chi connectivity index (χ1n) is 9.15. The average molecular weight is 361 g/mol. The lowest BCUT2D eigenvalue weighted by atomic mass is 10.1. The van der Waals surface area contributed by atoms with Crippen molar-refractivity contribution in [1.29, 1.82) is 0 Å². The molecule has 2 amide bonds. The van der Waals surface area contributed by atoms with E-state index < -0.39 is 6.10 Å². The van der Waals surface area contributed by atoms with Gasteiger partial charge in [-0.15, -0.1) is 0 Å². The van der Waals surface area contributed by atoms with Gasteiger partial charge < -0.3 is 24.6 Å². The molecular weight excluding hydrogens is 334 g/mol. The summed E-state index contributed by atoms with van der Waals surface area (Å²) < 4.78 is 11.1. The molecular formula is C19H27N3O4. The second-order valence-electron chi connectivity index (χ2n) is 7.08. The first-order valence-corrected chi connectivity index (χ1v) is 9.15. The maximum atomic E-state index is 12.6. The summed E-state index contributed by atoms with van der Waals surface area (Å²) in [4.78, 5) is 28.7. The van der Waals surface area contributed by atoms with Gasteiger partial charge in [0.1, 0.15) is 11.9 Å². The second-order valence-corrected chi connectivity index (χ2v) is 7.08. The van der Waals surface area contributed by atoms with Crippen LogP contribution in [0.15, 0.2) is 18.2 Å². The summed E-state index contributed by atoms with van der Waals surface area (Å²) in [5, 5.41) is 2.89. The van der Waals surface area contributed by atoms with Gasteiger partial charge in [-0.2, -0.15) is 0 Å². The molecule has 2 aliphatic rings. The minimum atomic E-state index is -0.505. The number of fused-ring (bicyclic) bond motifs is 1. The van der Waals surface area contributed by atoms with Gasteiger partial charge in [-0.1, -0.05) is 0 Å². The fourth-order valence-corrected chi connectivity index (χ4v) is 3.27. The summed E-state index contributed by atoms with van der Waals surface area (Å²) in [5.41, 5.74) is 1.35. The highest BCUT2D eigenvalue weighted by atomic mass is 16.5. The Kier molecular flexibility index (Phi) is 5.78. The van der Waals surface area contributed by atoms with Crippen molar-refractivity contribution in [2.75, 3.05) is 44.0 Å². The minimum Gasteiger partial charge on any atom is -0.479 e. The normalized spacial score (nSPS) is 22.3. The molecule has 2 atom stereocenters. The van der Waals surface area contributed by atoms with Crippen molar-refractivity contribution in [2.24, 2.45) is 0 Å². The first kappa shape index (κ1) is 18.7. The van der Waals surface area contributed by atoms with Crippen LogP contribution in [0.1, 0.15) is 26.2 Å². The molecule has 2 unspecified atom stereocenters. The SMILES string of the molecule is CC1Oc2ccc(NC(=O)C3CCCO3)cc2N(CCCN(C)C)C1=O. The fraction of sp³-hybridized carbons (Fsp3) is 0.579. The molecule has 0 bridgehead atoms. The number of rotatable bonds is 6. The highest BCUT2D eigenvalue weighted by Gasteiger charge is 2.32. The second kappa shape index (κ2) is 8.05. The zero-order valence-electron chi connectivity index (χ0n) is 15.7. The molecule has 1 aromatic rings. The third kappa shape index (κ3) is 4.16. The van der Waals surface area contributed by atoms with Crippen LogP contribution in [0.2, 0.25) is 0 Å². The van der Waals surface area contributed by atoms with Gasteiger partial charge in [-0.3, -0.25) is 9.59 Å². The zero-order valence-corrected chi connectivity index (χ0v) is 15.7. The zero-order chi connectivity index (χ0) is 18.7. The molecule has 1 fully saturated rings. The summed E-state index contributed by atoms with van der Waals surface area (Å²) >= 11 is 0. The lowest BCUT2D eigenvalue weighted by molar-refractivity contribution is -0.125. The standard InChI is InChI=1S/C19H27N3O4/c1-13-19(24)22(10-5-9-21(2)3)15-12-14(7-8-16(15)26-13)20-18(23)17-6-4-11-25-17/h7-8,12-13,17H,4-6,9-11H2,1-3H3,(H,20,23). The summed E-state index contributed by atoms with van der Waals surface area (Å²) in [6.45, 7) is 3.89. The molecule has 1 aromatic carbocycles. The number of carbonyl (C=O) groups is 2. The van der Waals surface area contributed by atoms with E-state index >= 15 is 0 Å². The van der Waals surface area contributed by atoms with E-state index in [0.717, 1.165) is 25.8 Å². The number of nitrogens with one attached hydrogen (secondary N) is 1. The lowest BCUT2D eigenvalue weighted by Gasteiger charge is -2.33. The summed E-state index contributed by atoms with van der Waals surface area (Å²) in [6.07, 6.45) is 1.61. The van der Waals surface area contributed by atoms with E-state index in [4.69, 9.17) is 9.47 Å². The van der Waals surface area contributed by atoms with Gasteiger partial charge in [0.2, 0.25) is 0 Å². The van der Waals surface area contributed by atoms with Crippen molar-refractivity contribution in [3.63, 3.8) is 0 Å². The molecule has 1 N–H and O–H groups in total. The van der Waals surface area contributed by atoms with Crippen LogP contribution < -0.4 is 15.0 Å². The van der Waals surface area contributed by atoms with E-state index in [1.165, 1.54) is 0 Å². The Labute approximate surface area is 154 Å². The van der Waals surface area contributed by atoms with Crippen LogP contribution in [0.4, 0.5) is 11.4 Å². The van der Waals surface area contributed by atoms with Crippen LogP contribution >= 0.6 is 0 Å². The predicted molar refractivity (Wildman–Crippen MR) is 99.7 cm³/mol. The van der Waals surface area contributed by atoms with Gasteiger partial charge >= 0.3 is 0 Å². The van der Waals surface area contributed by atoms with Crippen molar-refractivity contribution in [1.82, 2.24) is 4.90 Å². The number of hydrogen-bond donors (Lipinski definition) is 1. The highest BCUT2D eigenvalue weighted by Crippen LogP contribution is 2.36. The number of ether oxygens (including phenoxy) is 2. The molecule has 0 spiro atoms. The Morgan fingerprint density at radius 3 is 2.88 bits per heavy atom. The molecule has 7 nitrogen and oxygen atoms in total. The van der Waals surface area contributed by atoms with Crippen LogP contribution in [-0.2, 0) is 14.3 Å². The van der Waals surface area contributed by atoms with E-state index in [2.05, 4.69) is 10.2 Å². The minimum absolute atomic E-state index is 0.0566. The van der Waals surface area contributed by atoms with Crippen molar-refractivity contribution in [2.45, 2.75) is 38.4 Å². The van der Waals surface area contributed by atoms with Crippen LogP contribution in [0.5, 0.6) is 5.75 Å². The quantitative estimate of drug-likeness (QED) is 0.838. The van der Waals surface area contributed by atoms with Gasteiger partial charge in [0.05, 0.1) is 5.69 Å². The molecule has 2 heterocycles. The number of nitrogens with zero attached hydrogens (tertiary/aromatic N) is 2. The third-order valence-electron chi connectivity index (χ3n) is 4.64. The molecule has 0 aliphatic carbocycles. The number of carbonyl (C=O) groups excluding carboxylic acids is 2. The molecule has 0 aromatic heterocycles. The number of anilines is 2. The van der Waals surface area contributed by atoms with Gasteiger partial charge in [0.25, 0.3) is 11.8 Å². The molecule has 7 heteroatoms. The maximum Gasteiger partial charge on any atom is 0.267 e. The summed E-state index contributed by atoms with van der Waals surface area (Å²) in [6, 6.07) is 5.41. The van der Waals surface area contributed by atoms with E-state index in [1.54, 1.807) is 17.9 Å². The third-order valence-corrected chi connectivity index (χ3v) is 4.64. The van der Waals surface area contributed by atoms with Crippen LogP contribution in [-0.4, -0.2) is 62.7 Å². The average Bonchev–Trinajstić information content (AvgIpc) is 3.13. The Balaban J connectivity index is 1.76. The number of benzene rings is 1. The Morgan fingerprint density at radius 1 is 1.38 bits per heavy atom. The topological polar surface area (TPSA) is 71.1 Å². The van der Waals surface area contributed by atoms with Gasteiger partial charge in [0, 0.05) is 18.8 Å². The first-order chi connectivity index (χ1) is 12.5. The van der Waals surface area contributed by atoms with E-state index in [0.29, 0.717) is 30.3 Å². The molecule has 3 rings (SSSR count). The van der Waals surface area contributed by atoms with Crippen LogP contribution in [0, 0.1) is 0 Å². The van der Waals surface area contributed by atoms with Crippen molar-refractivity contribution in [3.05, 3.63) is 18.2 Å². The number of amides is 2. The fourth-order valence-electron chi connectivity index (χ4n) is 3.27. The molecule has 0 radical (unpaired) electrons. The van der Waals surface area contributed by atoms with E-state index in [-0.39, 0.29) is 17.9 Å². The molecule has 0 saturated carbocycles. The van der Waals surface area contributed by atoms with Gasteiger partial charge in [-0.25, -0.2) is 0 Å². The molecule has 1 saturated heterocycles. The smallest absolute Gasteiger partial charge is 0.267 e. The molecule has 26 heavy (non-hydrogen) atoms.